The fraction of sp³-hybridized carbons (Fsp3) is 0.294. The normalized spacial score (nSPS) is 12.0. The summed E-state index contributed by atoms with van der Waals surface area (Å²) in [6, 6.07) is 14.6. The number of rotatable bonds is 9. The molecule has 0 aliphatic heterocycles. The first-order chi connectivity index (χ1) is 11.8. The third kappa shape index (κ3) is 6.15. The lowest BCUT2D eigenvalue weighted by atomic mass is 10.2. The first-order valence-corrected chi connectivity index (χ1v) is 11.1. The van der Waals surface area contributed by atoms with Gasteiger partial charge in [-0.25, -0.2) is 21.6 Å². The fourth-order valence-corrected chi connectivity index (χ4v) is 4.51. The molecule has 0 bridgehead atoms. The molecule has 0 aliphatic rings. The molecular weight excluding hydrogens is 360 g/mol. The van der Waals surface area contributed by atoms with Gasteiger partial charge < -0.3 is 0 Å². The number of nitrogens with one attached hydrogen (secondary N) is 2. The van der Waals surface area contributed by atoms with Crippen molar-refractivity contribution in [2.75, 3.05) is 11.3 Å². The van der Waals surface area contributed by atoms with Gasteiger partial charge in [0, 0.05) is 12.2 Å². The molecule has 2 N–H and O–H groups in total. The van der Waals surface area contributed by atoms with Gasteiger partial charge in [0.1, 0.15) is 0 Å². The van der Waals surface area contributed by atoms with Crippen molar-refractivity contribution in [3.63, 3.8) is 0 Å². The van der Waals surface area contributed by atoms with Crippen LogP contribution >= 0.6 is 0 Å². The minimum atomic E-state index is -3.65. The molecule has 2 aromatic carbocycles. The van der Waals surface area contributed by atoms with E-state index in [2.05, 4.69) is 9.44 Å². The molecule has 0 atom stereocenters. The zero-order valence-electron chi connectivity index (χ0n) is 14.0. The van der Waals surface area contributed by atoms with Crippen molar-refractivity contribution in [3.8, 4) is 0 Å². The van der Waals surface area contributed by atoms with Crippen molar-refractivity contribution in [2.24, 2.45) is 0 Å². The van der Waals surface area contributed by atoms with Gasteiger partial charge in [-0.05, 0) is 30.2 Å². The Labute approximate surface area is 149 Å². The largest absolute Gasteiger partial charge is 0.283 e. The number of benzene rings is 2. The van der Waals surface area contributed by atoms with E-state index < -0.39 is 20.0 Å². The van der Waals surface area contributed by atoms with Crippen molar-refractivity contribution in [1.82, 2.24) is 4.72 Å². The lowest BCUT2D eigenvalue weighted by molar-refractivity contribution is 0.578. The van der Waals surface area contributed by atoms with Crippen LogP contribution in [0.3, 0.4) is 0 Å². The second kappa shape index (κ2) is 8.46. The maximum absolute atomic E-state index is 12.3. The fourth-order valence-electron chi connectivity index (χ4n) is 2.20. The second-order valence-electron chi connectivity index (χ2n) is 5.63. The van der Waals surface area contributed by atoms with Gasteiger partial charge in [0.05, 0.1) is 10.6 Å². The highest BCUT2D eigenvalue weighted by Crippen LogP contribution is 2.18. The van der Waals surface area contributed by atoms with E-state index in [1.165, 1.54) is 24.3 Å². The number of unbranched alkanes of at least 4 members (excludes halogenated alkanes) is 1. The molecule has 0 saturated carbocycles. The van der Waals surface area contributed by atoms with Crippen molar-refractivity contribution >= 4 is 25.7 Å². The van der Waals surface area contributed by atoms with Gasteiger partial charge in [-0.1, -0.05) is 49.7 Å². The molecule has 25 heavy (non-hydrogen) atoms. The summed E-state index contributed by atoms with van der Waals surface area (Å²) >= 11 is 0. The van der Waals surface area contributed by atoms with E-state index in [1.807, 2.05) is 13.0 Å². The maximum Gasteiger partial charge on any atom is 0.240 e. The van der Waals surface area contributed by atoms with Crippen molar-refractivity contribution < 1.29 is 16.8 Å². The molecule has 0 amide bonds. The average Bonchev–Trinajstić information content (AvgIpc) is 2.55. The highest BCUT2D eigenvalue weighted by molar-refractivity contribution is 7.92. The van der Waals surface area contributed by atoms with Crippen LogP contribution in [0.25, 0.3) is 0 Å². The summed E-state index contributed by atoms with van der Waals surface area (Å²) in [5.41, 5.74) is 0.870. The molecule has 0 aromatic heterocycles. The summed E-state index contributed by atoms with van der Waals surface area (Å²) in [5, 5.41) is 0. The van der Waals surface area contributed by atoms with Gasteiger partial charge in [0.25, 0.3) is 0 Å². The van der Waals surface area contributed by atoms with Gasteiger partial charge in [-0.2, -0.15) is 0 Å². The summed E-state index contributed by atoms with van der Waals surface area (Å²) in [4.78, 5) is 0.0310. The second-order valence-corrected chi connectivity index (χ2v) is 9.12. The van der Waals surface area contributed by atoms with Crippen molar-refractivity contribution in [1.29, 1.82) is 0 Å². The van der Waals surface area contributed by atoms with Crippen LogP contribution in [0.2, 0.25) is 0 Å². The van der Waals surface area contributed by atoms with Crippen molar-refractivity contribution in [2.45, 2.75) is 30.4 Å². The van der Waals surface area contributed by atoms with Gasteiger partial charge >= 0.3 is 0 Å². The Kier molecular flexibility index (Phi) is 6.57. The topological polar surface area (TPSA) is 92.3 Å². The molecule has 8 heteroatoms. The maximum atomic E-state index is 12.3. The molecule has 2 aromatic rings. The van der Waals surface area contributed by atoms with Gasteiger partial charge in [-0.3, -0.25) is 4.72 Å². The molecule has 0 unspecified atom stereocenters. The minimum Gasteiger partial charge on any atom is -0.283 e. The monoisotopic (exact) mass is 382 g/mol. The number of anilines is 1. The van der Waals surface area contributed by atoms with E-state index in [4.69, 9.17) is 0 Å². The zero-order valence-corrected chi connectivity index (χ0v) is 15.6. The Morgan fingerprint density at radius 3 is 2.32 bits per heavy atom. The first kappa shape index (κ1) is 19.4. The van der Waals surface area contributed by atoms with Gasteiger partial charge in [0.2, 0.25) is 20.0 Å². The van der Waals surface area contributed by atoms with E-state index >= 15 is 0 Å². The first-order valence-electron chi connectivity index (χ1n) is 7.96. The predicted octanol–water partition coefficient (Wildman–Crippen LogP) is 2.71. The van der Waals surface area contributed by atoms with Gasteiger partial charge in [-0.15, -0.1) is 0 Å². The van der Waals surface area contributed by atoms with Crippen LogP contribution in [0.5, 0.6) is 0 Å². The van der Waals surface area contributed by atoms with Crippen LogP contribution in [0.15, 0.2) is 59.5 Å². The Morgan fingerprint density at radius 1 is 0.920 bits per heavy atom. The Balaban J connectivity index is 2.13. The molecule has 0 heterocycles. The molecular formula is C17H22N2O4S2. The standard InChI is InChI=1S/C17H22N2O4S2/c1-2-3-12-18-25(22,23)17-11-7-10-16(13-17)19-24(20,21)14-15-8-5-4-6-9-15/h4-11,13,18-19H,2-3,12,14H2,1H3. The van der Waals surface area contributed by atoms with E-state index in [9.17, 15) is 16.8 Å². The molecule has 2 rings (SSSR count). The van der Waals surface area contributed by atoms with Crippen LogP contribution in [0.4, 0.5) is 5.69 Å². The lowest BCUT2D eigenvalue weighted by Crippen LogP contribution is -2.25. The summed E-state index contributed by atoms with van der Waals surface area (Å²) in [5.74, 6) is -0.181. The summed E-state index contributed by atoms with van der Waals surface area (Å²) < 4.78 is 53.9. The van der Waals surface area contributed by atoms with E-state index in [1.54, 1.807) is 24.3 Å². The SMILES string of the molecule is CCCCNS(=O)(=O)c1cccc(NS(=O)(=O)Cc2ccccc2)c1. The number of sulfonamides is 2. The number of hydrogen-bond donors (Lipinski definition) is 2. The third-order valence-electron chi connectivity index (χ3n) is 3.44. The third-order valence-corrected chi connectivity index (χ3v) is 6.16. The molecule has 136 valence electrons. The van der Waals surface area contributed by atoms with Crippen LogP contribution < -0.4 is 9.44 Å². The predicted molar refractivity (Wildman–Crippen MR) is 99.2 cm³/mol. The Hall–Kier alpha value is -1.90. The Bertz CT molecular complexity index is 895. The van der Waals surface area contributed by atoms with E-state index in [0.29, 0.717) is 12.1 Å². The highest BCUT2D eigenvalue weighted by atomic mass is 32.2. The summed E-state index contributed by atoms with van der Waals surface area (Å²) in [6.07, 6.45) is 1.62. The van der Waals surface area contributed by atoms with E-state index in [0.717, 1.165) is 12.8 Å². The quantitative estimate of drug-likeness (QED) is 0.652. The number of hydrogen-bond acceptors (Lipinski definition) is 4. The van der Waals surface area contributed by atoms with Crippen LogP contribution in [0.1, 0.15) is 25.3 Å². The van der Waals surface area contributed by atoms with Crippen LogP contribution in [-0.2, 0) is 25.8 Å². The zero-order chi connectivity index (χ0) is 18.3. The molecule has 0 fully saturated rings. The smallest absolute Gasteiger partial charge is 0.240 e. The average molecular weight is 383 g/mol. The summed E-state index contributed by atoms with van der Waals surface area (Å²) in [6.45, 7) is 2.32. The van der Waals surface area contributed by atoms with Gasteiger partial charge in [0.15, 0.2) is 0 Å². The molecule has 0 radical (unpaired) electrons. The van der Waals surface area contributed by atoms with Crippen molar-refractivity contribution in [3.05, 3.63) is 60.2 Å². The lowest BCUT2D eigenvalue weighted by Gasteiger charge is -2.11. The molecule has 0 spiro atoms. The van der Waals surface area contributed by atoms with Crippen LogP contribution in [0, 0.1) is 0 Å². The molecule has 0 saturated heterocycles. The minimum absolute atomic E-state index is 0.0310. The summed E-state index contributed by atoms with van der Waals surface area (Å²) in [7, 11) is -7.29. The van der Waals surface area contributed by atoms with E-state index in [-0.39, 0.29) is 16.3 Å². The highest BCUT2D eigenvalue weighted by Gasteiger charge is 2.16. The molecule has 6 nitrogen and oxygen atoms in total. The molecule has 0 aliphatic carbocycles. The van der Waals surface area contributed by atoms with Crippen LogP contribution in [-0.4, -0.2) is 23.4 Å². The Morgan fingerprint density at radius 2 is 1.64 bits per heavy atom.